The predicted molar refractivity (Wildman–Crippen MR) is 42.4 cm³/mol. The van der Waals surface area contributed by atoms with E-state index in [9.17, 15) is 0 Å². The first-order chi connectivity index (χ1) is 5.05. The molecule has 0 N–H and O–H groups in total. The average molecular weight is 154 g/mol. The Balaban J connectivity index is 3.02. The quantitative estimate of drug-likeness (QED) is 0.620. The molecule has 0 amide bonds. The summed E-state index contributed by atoms with van der Waals surface area (Å²) in [7, 11) is 0. The first-order valence-corrected chi connectivity index (χ1v) is 3.87. The van der Waals surface area contributed by atoms with Gasteiger partial charge in [0.25, 0.3) is 0 Å². The summed E-state index contributed by atoms with van der Waals surface area (Å²) < 4.78 is 5.06. The summed E-state index contributed by atoms with van der Waals surface area (Å²) in [4.78, 5) is 0. The standard InChI is InChI=1S/C8H14N2O/c1-5-6-7(8(2,3)4)11-10-9-6/h5H2,1-4H3. The molecule has 0 radical (unpaired) electrons. The highest BCUT2D eigenvalue weighted by Gasteiger charge is 2.23. The Kier molecular flexibility index (Phi) is 1.98. The minimum absolute atomic E-state index is 0.0227. The molecule has 1 rings (SSSR count). The summed E-state index contributed by atoms with van der Waals surface area (Å²) >= 11 is 0. The van der Waals surface area contributed by atoms with Gasteiger partial charge in [-0.05, 0) is 6.42 Å². The number of aryl methyl sites for hydroxylation is 1. The fourth-order valence-corrected chi connectivity index (χ4v) is 1.01. The highest BCUT2D eigenvalue weighted by atomic mass is 16.5. The van der Waals surface area contributed by atoms with Crippen molar-refractivity contribution in [1.29, 1.82) is 0 Å². The van der Waals surface area contributed by atoms with Gasteiger partial charge < -0.3 is 4.52 Å². The molecule has 0 aliphatic rings. The highest BCUT2D eigenvalue weighted by Crippen LogP contribution is 2.24. The van der Waals surface area contributed by atoms with Crippen LogP contribution in [0.1, 0.15) is 39.1 Å². The second-order valence-electron chi connectivity index (χ2n) is 3.65. The van der Waals surface area contributed by atoms with Crippen molar-refractivity contribution in [1.82, 2.24) is 10.4 Å². The normalized spacial score (nSPS) is 12.0. The Labute approximate surface area is 66.8 Å². The summed E-state index contributed by atoms with van der Waals surface area (Å²) in [6.45, 7) is 8.33. The first kappa shape index (κ1) is 8.24. The van der Waals surface area contributed by atoms with Crippen LogP contribution in [0.4, 0.5) is 0 Å². The van der Waals surface area contributed by atoms with E-state index in [1.54, 1.807) is 0 Å². The fraction of sp³-hybridized carbons (Fsp3) is 0.750. The third kappa shape index (κ3) is 1.59. The number of rotatable bonds is 1. The van der Waals surface area contributed by atoms with E-state index in [0.717, 1.165) is 17.9 Å². The van der Waals surface area contributed by atoms with E-state index in [1.807, 2.05) is 0 Å². The van der Waals surface area contributed by atoms with Gasteiger partial charge in [0.05, 0.1) is 0 Å². The van der Waals surface area contributed by atoms with Gasteiger partial charge in [0, 0.05) is 10.7 Å². The van der Waals surface area contributed by atoms with Crippen molar-refractivity contribution < 1.29 is 4.52 Å². The first-order valence-electron chi connectivity index (χ1n) is 3.87. The van der Waals surface area contributed by atoms with Gasteiger partial charge >= 0.3 is 0 Å². The number of hydrogen-bond acceptors (Lipinski definition) is 3. The molecule has 0 saturated heterocycles. The molecule has 1 heterocycles. The van der Waals surface area contributed by atoms with Crippen molar-refractivity contribution in [2.45, 2.75) is 39.5 Å². The SMILES string of the molecule is CCc1nnoc1C(C)(C)C. The second-order valence-corrected chi connectivity index (χ2v) is 3.65. The predicted octanol–water partition coefficient (Wildman–Crippen LogP) is 1.93. The van der Waals surface area contributed by atoms with Crippen molar-refractivity contribution in [3.05, 3.63) is 11.5 Å². The summed E-state index contributed by atoms with van der Waals surface area (Å²) in [6, 6.07) is 0. The molecule has 11 heavy (non-hydrogen) atoms. The molecule has 0 bridgehead atoms. The Hall–Kier alpha value is -0.860. The zero-order chi connectivity index (χ0) is 8.48. The van der Waals surface area contributed by atoms with Crippen molar-refractivity contribution in [2.24, 2.45) is 0 Å². The number of aromatic nitrogens is 2. The van der Waals surface area contributed by atoms with Crippen molar-refractivity contribution in [3.8, 4) is 0 Å². The molecule has 0 atom stereocenters. The van der Waals surface area contributed by atoms with Gasteiger partial charge in [-0.3, -0.25) is 0 Å². The van der Waals surface area contributed by atoms with Gasteiger partial charge in [-0.15, -0.1) is 5.10 Å². The Morgan fingerprint density at radius 3 is 2.36 bits per heavy atom. The van der Waals surface area contributed by atoms with E-state index in [1.165, 1.54) is 0 Å². The van der Waals surface area contributed by atoms with Gasteiger partial charge in [-0.25, -0.2) is 0 Å². The van der Waals surface area contributed by atoms with Crippen LogP contribution in [0.3, 0.4) is 0 Å². The van der Waals surface area contributed by atoms with Crippen LogP contribution in [0.25, 0.3) is 0 Å². The van der Waals surface area contributed by atoms with Gasteiger partial charge in [0.15, 0.2) is 5.76 Å². The molecular formula is C8H14N2O. The monoisotopic (exact) mass is 154 g/mol. The van der Waals surface area contributed by atoms with Crippen LogP contribution in [0.15, 0.2) is 4.52 Å². The Morgan fingerprint density at radius 1 is 1.36 bits per heavy atom. The van der Waals surface area contributed by atoms with Crippen LogP contribution < -0.4 is 0 Å². The topological polar surface area (TPSA) is 38.9 Å². The molecule has 62 valence electrons. The maximum atomic E-state index is 5.06. The lowest BCUT2D eigenvalue weighted by atomic mass is 9.91. The van der Waals surface area contributed by atoms with E-state index in [0.29, 0.717) is 0 Å². The Morgan fingerprint density at radius 2 is 2.00 bits per heavy atom. The van der Waals surface area contributed by atoms with Crippen molar-refractivity contribution in [3.63, 3.8) is 0 Å². The number of nitrogens with zero attached hydrogens (tertiary/aromatic N) is 2. The molecule has 1 aromatic heterocycles. The molecular weight excluding hydrogens is 140 g/mol. The van der Waals surface area contributed by atoms with E-state index in [4.69, 9.17) is 4.52 Å². The molecule has 0 spiro atoms. The lowest BCUT2D eigenvalue weighted by molar-refractivity contribution is 0.315. The summed E-state index contributed by atoms with van der Waals surface area (Å²) in [5.74, 6) is 0.903. The van der Waals surface area contributed by atoms with E-state index in [2.05, 4.69) is 38.1 Å². The van der Waals surface area contributed by atoms with Crippen molar-refractivity contribution in [2.75, 3.05) is 0 Å². The van der Waals surface area contributed by atoms with Gasteiger partial charge in [0.2, 0.25) is 0 Å². The minimum atomic E-state index is 0.0227. The highest BCUT2D eigenvalue weighted by molar-refractivity contribution is 5.14. The lowest BCUT2D eigenvalue weighted by Crippen LogP contribution is -2.12. The molecule has 0 fully saturated rings. The maximum absolute atomic E-state index is 5.06. The second kappa shape index (κ2) is 2.64. The molecule has 0 aliphatic carbocycles. The van der Waals surface area contributed by atoms with Crippen molar-refractivity contribution >= 4 is 0 Å². The summed E-state index contributed by atoms with van der Waals surface area (Å²) in [5.41, 5.74) is 0.993. The van der Waals surface area contributed by atoms with Crippen LogP contribution in [0.2, 0.25) is 0 Å². The van der Waals surface area contributed by atoms with Crippen LogP contribution in [0, 0.1) is 0 Å². The van der Waals surface area contributed by atoms with Gasteiger partial charge in [-0.2, -0.15) is 0 Å². The van der Waals surface area contributed by atoms with E-state index < -0.39 is 0 Å². The van der Waals surface area contributed by atoms with Gasteiger partial charge in [-0.1, -0.05) is 27.7 Å². The largest absolute Gasteiger partial charge is 0.341 e. The molecule has 0 aliphatic heterocycles. The summed E-state index contributed by atoms with van der Waals surface area (Å²) in [6.07, 6.45) is 0.885. The van der Waals surface area contributed by atoms with E-state index >= 15 is 0 Å². The van der Waals surface area contributed by atoms with Crippen LogP contribution >= 0.6 is 0 Å². The maximum Gasteiger partial charge on any atom is 0.165 e. The third-order valence-electron chi connectivity index (χ3n) is 1.57. The molecule has 1 aromatic rings. The third-order valence-corrected chi connectivity index (χ3v) is 1.57. The molecule has 3 heteroatoms. The smallest absolute Gasteiger partial charge is 0.165 e. The van der Waals surface area contributed by atoms with Crippen LogP contribution in [0.5, 0.6) is 0 Å². The molecule has 3 nitrogen and oxygen atoms in total. The lowest BCUT2D eigenvalue weighted by Gasteiger charge is -2.13. The van der Waals surface area contributed by atoms with E-state index in [-0.39, 0.29) is 5.41 Å². The zero-order valence-electron chi connectivity index (χ0n) is 7.51. The minimum Gasteiger partial charge on any atom is -0.341 e. The molecule has 0 unspecified atom stereocenters. The number of hydrogen-bond donors (Lipinski definition) is 0. The molecule has 0 aromatic carbocycles. The van der Waals surface area contributed by atoms with Crippen LogP contribution in [-0.4, -0.2) is 10.4 Å². The molecule has 0 saturated carbocycles. The van der Waals surface area contributed by atoms with Crippen LogP contribution in [-0.2, 0) is 11.8 Å². The Bertz CT molecular complexity index is 234. The zero-order valence-corrected chi connectivity index (χ0v) is 7.51. The average Bonchev–Trinajstić information content (AvgIpc) is 2.31. The fourth-order valence-electron chi connectivity index (χ4n) is 1.01. The van der Waals surface area contributed by atoms with Gasteiger partial charge in [0.1, 0.15) is 5.69 Å². The summed E-state index contributed by atoms with van der Waals surface area (Å²) in [5, 5.41) is 7.42.